The number of nitrogens with zero attached hydrogens (tertiary/aromatic N) is 2. The van der Waals surface area contributed by atoms with Gasteiger partial charge in [0.15, 0.2) is 0 Å². The molecule has 0 saturated heterocycles. The lowest BCUT2D eigenvalue weighted by Gasteiger charge is -2.29. The molecule has 6 heteroatoms. The van der Waals surface area contributed by atoms with Crippen LogP contribution in [0.2, 0.25) is 0 Å². The molecule has 0 N–H and O–H groups in total. The zero-order valence-corrected chi connectivity index (χ0v) is 36.7. The molecule has 6 nitrogen and oxygen atoms in total. The second kappa shape index (κ2) is 18.0. The van der Waals surface area contributed by atoms with Gasteiger partial charge in [-0.1, -0.05) is 108 Å². The second-order valence-corrected chi connectivity index (χ2v) is 15.6. The van der Waals surface area contributed by atoms with Gasteiger partial charge in [-0.05, 0) is 110 Å². The topological polar surface area (TPSA) is 43.4 Å². The molecular weight excluding hydrogens is 765 g/mol. The van der Waals surface area contributed by atoms with E-state index in [1.54, 1.807) is 28.4 Å². The molecular formula is C56H52N2O4. The highest BCUT2D eigenvalue weighted by Crippen LogP contribution is 2.53. The van der Waals surface area contributed by atoms with E-state index in [9.17, 15) is 0 Å². The van der Waals surface area contributed by atoms with Crippen LogP contribution in [0.15, 0.2) is 170 Å². The average Bonchev–Trinajstić information content (AvgIpc) is 3.29. The van der Waals surface area contributed by atoms with Crippen LogP contribution in [-0.2, 0) is 0 Å². The molecule has 8 aromatic carbocycles. The van der Waals surface area contributed by atoms with E-state index in [-0.39, 0.29) is 0 Å². The SMILES string of the molecule is COc1cc(N(c2ccc(-c3ccc(C)cc3)cc2)c2cccc(C)c2)cc(OC)c1-c1c(OC)cc(N(c2ccc(-c3ccc(C)cc3)cc2)c2cccc(C)c2)cc1OC. The number of rotatable bonds is 13. The summed E-state index contributed by atoms with van der Waals surface area (Å²) < 4.78 is 25.1. The molecule has 0 spiro atoms. The van der Waals surface area contributed by atoms with E-state index in [2.05, 4.69) is 207 Å². The van der Waals surface area contributed by atoms with Crippen molar-refractivity contribution in [3.63, 3.8) is 0 Å². The fourth-order valence-electron chi connectivity index (χ4n) is 8.07. The van der Waals surface area contributed by atoms with E-state index in [1.165, 1.54) is 22.3 Å². The van der Waals surface area contributed by atoms with Crippen LogP contribution in [0.5, 0.6) is 23.0 Å². The molecule has 0 fully saturated rings. The quantitative estimate of drug-likeness (QED) is 0.115. The van der Waals surface area contributed by atoms with Crippen molar-refractivity contribution in [2.45, 2.75) is 27.7 Å². The van der Waals surface area contributed by atoms with Gasteiger partial charge in [0, 0.05) is 47.0 Å². The maximum absolute atomic E-state index is 6.27. The predicted molar refractivity (Wildman–Crippen MR) is 257 cm³/mol. The van der Waals surface area contributed by atoms with Crippen LogP contribution in [0.1, 0.15) is 22.3 Å². The molecule has 0 bridgehead atoms. The summed E-state index contributed by atoms with van der Waals surface area (Å²) in [5.74, 6) is 2.39. The van der Waals surface area contributed by atoms with E-state index in [4.69, 9.17) is 18.9 Å². The van der Waals surface area contributed by atoms with Crippen molar-refractivity contribution >= 4 is 34.1 Å². The van der Waals surface area contributed by atoms with Crippen molar-refractivity contribution in [3.8, 4) is 56.4 Å². The summed E-state index contributed by atoms with van der Waals surface area (Å²) in [6.45, 7) is 8.43. The minimum atomic E-state index is 0.597. The van der Waals surface area contributed by atoms with Gasteiger partial charge in [0.2, 0.25) is 0 Å². The molecule has 0 amide bonds. The number of hydrogen-bond acceptors (Lipinski definition) is 6. The van der Waals surface area contributed by atoms with Gasteiger partial charge >= 0.3 is 0 Å². The zero-order valence-electron chi connectivity index (χ0n) is 36.7. The molecule has 310 valence electrons. The Morgan fingerprint density at radius 1 is 0.274 bits per heavy atom. The summed E-state index contributed by atoms with van der Waals surface area (Å²) in [6, 6.07) is 59.7. The highest BCUT2D eigenvalue weighted by atomic mass is 16.5. The number of hydrogen-bond donors (Lipinski definition) is 0. The minimum absolute atomic E-state index is 0.597. The molecule has 62 heavy (non-hydrogen) atoms. The monoisotopic (exact) mass is 816 g/mol. The van der Waals surface area contributed by atoms with E-state index in [0.29, 0.717) is 34.1 Å². The first-order valence-corrected chi connectivity index (χ1v) is 20.8. The van der Waals surface area contributed by atoms with Crippen molar-refractivity contribution < 1.29 is 18.9 Å². The van der Waals surface area contributed by atoms with Crippen molar-refractivity contribution in [2.75, 3.05) is 38.2 Å². The van der Waals surface area contributed by atoms with E-state index >= 15 is 0 Å². The maximum atomic E-state index is 6.27. The van der Waals surface area contributed by atoms with Gasteiger partial charge in [-0.3, -0.25) is 0 Å². The van der Waals surface area contributed by atoms with Crippen molar-refractivity contribution in [3.05, 3.63) is 192 Å². The van der Waals surface area contributed by atoms with Gasteiger partial charge < -0.3 is 28.7 Å². The van der Waals surface area contributed by atoms with Crippen molar-refractivity contribution in [2.24, 2.45) is 0 Å². The van der Waals surface area contributed by atoms with Crippen LogP contribution in [0.4, 0.5) is 34.1 Å². The van der Waals surface area contributed by atoms with Gasteiger partial charge in [-0.25, -0.2) is 0 Å². The summed E-state index contributed by atoms with van der Waals surface area (Å²) in [7, 11) is 6.73. The average molecular weight is 817 g/mol. The molecule has 0 unspecified atom stereocenters. The highest BCUT2D eigenvalue weighted by Gasteiger charge is 2.27. The van der Waals surface area contributed by atoms with Gasteiger partial charge in [0.05, 0.1) is 50.9 Å². The lowest BCUT2D eigenvalue weighted by Crippen LogP contribution is -2.12. The number of methoxy groups -OCH3 is 4. The van der Waals surface area contributed by atoms with Crippen LogP contribution in [-0.4, -0.2) is 28.4 Å². The third kappa shape index (κ3) is 8.45. The van der Waals surface area contributed by atoms with Crippen LogP contribution < -0.4 is 28.7 Å². The van der Waals surface area contributed by atoms with Gasteiger partial charge in [0.1, 0.15) is 23.0 Å². The Hall–Kier alpha value is -7.44. The second-order valence-electron chi connectivity index (χ2n) is 15.6. The fourth-order valence-corrected chi connectivity index (χ4v) is 8.07. The number of aryl methyl sites for hydroxylation is 4. The zero-order chi connectivity index (χ0) is 43.3. The van der Waals surface area contributed by atoms with Crippen molar-refractivity contribution in [1.29, 1.82) is 0 Å². The molecule has 0 heterocycles. The lowest BCUT2D eigenvalue weighted by molar-refractivity contribution is 0.386. The summed E-state index contributed by atoms with van der Waals surface area (Å²) >= 11 is 0. The molecule has 0 radical (unpaired) electrons. The molecule has 0 aliphatic carbocycles. The fraction of sp³-hybridized carbons (Fsp3) is 0.143. The third-order valence-electron chi connectivity index (χ3n) is 11.3. The summed E-state index contributed by atoms with van der Waals surface area (Å²) in [4.78, 5) is 4.45. The van der Waals surface area contributed by atoms with Crippen LogP contribution in [0.25, 0.3) is 33.4 Å². The highest BCUT2D eigenvalue weighted by molar-refractivity contribution is 5.92. The van der Waals surface area contributed by atoms with Crippen molar-refractivity contribution in [1.82, 2.24) is 0 Å². The normalized spacial score (nSPS) is 10.9. The smallest absolute Gasteiger partial charge is 0.132 e. The Labute approximate surface area is 366 Å². The molecule has 0 aliphatic rings. The Morgan fingerprint density at radius 2 is 0.565 bits per heavy atom. The van der Waals surface area contributed by atoms with Crippen LogP contribution in [0.3, 0.4) is 0 Å². The van der Waals surface area contributed by atoms with Crippen LogP contribution >= 0.6 is 0 Å². The third-order valence-corrected chi connectivity index (χ3v) is 11.3. The van der Waals surface area contributed by atoms with Gasteiger partial charge in [0.25, 0.3) is 0 Å². The summed E-state index contributed by atoms with van der Waals surface area (Å²) in [5.41, 5.74) is 16.5. The minimum Gasteiger partial charge on any atom is -0.496 e. The standard InChI is InChI=1S/C56H52N2O4/c1-37-15-19-41(20-16-37)43-23-27-45(28-24-43)57(47-13-9-11-39(3)31-47)49-33-51(59-5)55(52(34-49)60-6)56-53(61-7)35-50(36-54(56)62-8)58(48-14-10-12-40(4)32-48)46-29-25-44(26-30-46)42-21-17-38(2)18-22-42/h9-36H,1-8H3. The number of anilines is 6. The molecule has 0 aromatic heterocycles. The van der Waals surface area contributed by atoms with E-state index < -0.39 is 0 Å². The Morgan fingerprint density at radius 3 is 0.839 bits per heavy atom. The maximum Gasteiger partial charge on any atom is 0.132 e. The summed E-state index contributed by atoms with van der Waals surface area (Å²) in [6.07, 6.45) is 0. The summed E-state index contributed by atoms with van der Waals surface area (Å²) in [5, 5.41) is 0. The predicted octanol–water partition coefficient (Wildman–Crippen LogP) is 14.9. The largest absolute Gasteiger partial charge is 0.496 e. The first kappa shape index (κ1) is 41.3. The molecule has 0 atom stereocenters. The Bertz CT molecular complexity index is 2570. The van der Waals surface area contributed by atoms with Crippen LogP contribution in [0, 0.1) is 27.7 Å². The van der Waals surface area contributed by atoms with E-state index in [0.717, 1.165) is 56.4 Å². The van der Waals surface area contributed by atoms with Gasteiger partial charge in [-0.2, -0.15) is 0 Å². The molecule has 0 saturated carbocycles. The molecule has 8 rings (SSSR count). The Balaban J connectivity index is 1.25. The molecule has 0 aliphatic heterocycles. The first-order valence-electron chi connectivity index (χ1n) is 20.8. The van der Waals surface area contributed by atoms with E-state index in [1.807, 2.05) is 0 Å². The Kier molecular flexibility index (Phi) is 12.0. The van der Waals surface area contributed by atoms with Gasteiger partial charge in [-0.15, -0.1) is 0 Å². The number of ether oxygens (including phenoxy) is 4. The first-order chi connectivity index (χ1) is 30.2. The number of benzene rings is 8. The molecule has 8 aromatic rings. The lowest BCUT2D eigenvalue weighted by atomic mass is 9.98.